The summed E-state index contributed by atoms with van der Waals surface area (Å²) < 4.78 is 0. The molecule has 0 aliphatic carbocycles. The van der Waals surface area contributed by atoms with Gasteiger partial charge in [-0.05, 0) is 79.2 Å². The molecular formula is C47H31N3. The van der Waals surface area contributed by atoms with E-state index >= 15 is 0 Å². The molecule has 8 aromatic carbocycles. The fourth-order valence-corrected chi connectivity index (χ4v) is 6.80. The summed E-state index contributed by atoms with van der Waals surface area (Å²) in [6.45, 7) is 0. The number of hydrogen-bond acceptors (Lipinski definition) is 3. The Balaban J connectivity index is 1.17. The molecule has 0 aliphatic heterocycles. The van der Waals surface area contributed by atoms with Crippen molar-refractivity contribution in [2.75, 3.05) is 0 Å². The van der Waals surface area contributed by atoms with Crippen LogP contribution in [-0.4, -0.2) is 15.0 Å². The van der Waals surface area contributed by atoms with Crippen molar-refractivity contribution >= 4 is 21.5 Å². The van der Waals surface area contributed by atoms with Crippen molar-refractivity contribution in [3.63, 3.8) is 0 Å². The maximum atomic E-state index is 5.14. The van der Waals surface area contributed by atoms with Crippen LogP contribution >= 0.6 is 0 Å². The van der Waals surface area contributed by atoms with Crippen LogP contribution in [0, 0.1) is 0 Å². The van der Waals surface area contributed by atoms with Crippen LogP contribution in [0.15, 0.2) is 188 Å². The van der Waals surface area contributed by atoms with E-state index in [-0.39, 0.29) is 0 Å². The molecule has 3 heteroatoms. The number of hydrogen-bond donors (Lipinski definition) is 0. The van der Waals surface area contributed by atoms with Gasteiger partial charge in [0.05, 0.1) is 0 Å². The van der Waals surface area contributed by atoms with Gasteiger partial charge in [0.2, 0.25) is 0 Å². The second kappa shape index (κ2) is 12.7. The lowest BCUT2D eigenvalue weighted by Gasteiger charge is -2.13. The SMILES string of the molecule is c1ccc(-c2nc(-c3ccc4cc(-c5ccccc5-c5ccccc5)ccc4c3)nc(-c3cc(-c4ccccc4)c4ccccc4c3)n2)cc1. The van der Waals surface area contributed by atoms with Crippen molar-refractivity contribution in [1.82, 2.24) is 15.0 Å². The largest absolute Gasteiger partial charge is 0.208 e. The van der Waals surface area contributed by atoms with Crippen molar-refractivity contribution in [1.29, 1.82) is 0 Å². The zero-order valence-corrected chi connectivity index (χ0v) is 27.2. The van der Waals surface area contributed by atoms with Gasteiger partial charge in [-0.15, -0.1) is 0 Å². The molecule has 0 aliphatic rings. The standard InChI is InChI=1S/C47H31N3/c1-4-14-32(15-5-1)41-21-12-13-22-42(41)38-26-24-36-29-39(27-25-35(36)28-38)46-48-45(34-18-8-3-9-19-34)49-47(50-46)40-30-37-20-10-11-23-43(37)44(31-40)33-16-6-2-7-17-33/h1-31H. The molecule has 234 valence electrons. The van der Waals surface area contributed by atoms with Crippen molar-refractivity contribution in [3.8, 4) is 67.5 Å². The Labute approximate surface area is 291 Å². The van der Waals surface area contributed by atoms with Crippen LogP contribution < -0.4 is 0 Å². The first kappa shape index (κ1) is 29.4. The van der Waals surface area contributed by atoms with Crippen LogP contribution in [0.2, 0.25) is 0 Å². The van der Waals surface area contributed by atoms with Crippen LogP contribution in [0.5, 0.6) is 0 Å². The van der Waals surface area contributed by atoms with E-state index in [1.807, 2.05) is 36.4 Å². The van der Waals surface area contributed by atoms with Gasteiger partial charge in [0.1, 0.15) is 0 Å². The van der Waals surface area contributed by atoms with E-state index in [0.717, 1.165) is 44.0 Å². The van der Waals surface area contributed by atoms with Crippen LogP contribution in [0.4, 0.5) is 0 Å². The van der Waals surface area contributed by atoms with Gasteiger partial charge in [0, 0.05) is 16.7 Å². The van der Waals surface area contributed by atoms with Gasteiger partial charge in [-0.1, -0.05) is 164 Å². The molecule has 9 rings (SSSR count). The summed E-state index contributed by atoms with van der Waals surface area (Å²) in [7, 11) is 0. The third kappa shape index (κ3) is 5.61. The molecule has 0 unspecified atom stereocenters. The van der Waals surface area contributed by atoms with Crippen molar-refractivity contribution in [2.45, 2.75) is 0 Å². The highest BCUT2D eigenvalue weighted by atomic mass is 15.0. The summed E-state index contributed by atoms with van der Waals surface area (Å²) in [4.78, 5) is 15.2. The first-order valence-electron chi connectivity index (χ1n) is 16.9. The summed E-state index contributed by atoms with van der Waals surface area (Å²) in [6.07, 6.45) is 0. The molecule has 0 N–H and O–H groups in total. The summed E-state index contributed by atoms with van der Waals surface area (Å²) >= 11 is 0. The Morgan fingerprint density at radius 1 is 0.240 bits per heavy atom. The molecule has 0 bridgehead atoms. The lowest BCUT2D eigenvalue weighted by Crippen LogP contribution is -2.00. The predicted molar refractivity (Wildman–Crippen MR) is 207 cm³/mol. The second-order valence-corrected chi connectivity index (χ2v) is 12.5. The average molecular weight is 638 g/mol. The predicted octanol–water partition coefficient (Wildman–Crippen LogP) is 12.2. The lowest BCUT2D eigenvalue weighted by molar-refractivity contribution is 1.08. The van der Waals surface area contributed by atoms with E-state index < -0.39 is 0 Å². The molecule has 1 heterocycles. The molecule has 0 spiro atoms. The molecule has 3 nitrogen and oxygen atoms in total. The van der Waals surface area contributed by atoms with E-state index in [9.17, 15) is 0 Å². The maximum absolute atomic E-state index is 5.14. The molecule has 9 aromatic rings. The third-order valence-electron chi connectivity index (χ3n) is 9.29. The highest BCUT2D eigenvalue weighted by Crippen LogP contribution is 2.36. The van der Waals surface area contributed by atoms with E-state index in [1.165, 1.54) is 27.6 Å². The van der Waals surface area contributed by atoms with Gasteiger partial charge < -0.3 is 0 Å². The number of nitrogens with zero attached hydrogens (tertiary/aromatic N) is 3. The Hall–Kier alpha value is -6.71. The summed E-state index contributed by atoms with van der Waals surface area (Å²) in [5.74, 6) is 1.93. The Bertz CT molecular complexity index is 2630. The van der Waals surface area contributed by atoms with Gasteiger partial charge in [0.25, 0.3) is 0 Å². The van der Waals surface area contributed by atoms with E-state index in [0.29, 0.717) is 17.5 Å². The first-order valence-corrected chi connectivity index (χ1v) is 16.9. The van der Waals surface area contributed by atoms with Crippen LogP contribution in [0.25, 0.3) is 89.1 Å². The Morgan fingerprint density at radius 2 is 0.680 bits per heavy atom. The Morgan fingerprint density at radius 3 is 1.34 bits per heavy atom. The molecule has 0 atom stereocenters. The quantitative estimate of drug-likeness (QED) is 0.182. The van der Waals surface area contributed by atoms with Crippen molar-refractivity contribution in [3.05, 3.63) is 188 Å². The highest BCUT2D eigenvalue weighted by molar-refractivity contribution is 6.00. The van der Waals surface area contributed by atoms with Gasteiger partial charge in [-0.3, -0.25) is 0 Å². The maximum Gasteiger partial charge on any atom is 0.164 e. The fourth-order valence-electron chi connectivity index (χ4n) is 6.80. The zero-order valence-electron chi connectivity index (χ0n) is 27.2. The zero-order chi connectivity index (χ0) is 33.3. The van der Waals surface area contributed by atoms with Gasteiger partial charge >= 0.3 is 0 Å². The smallest absolute Gasteiger partial charge is 0.164 e. The molecule has 1 aromatic heterocycles. The summed E-state index contributed by atoms with van der Waals surface area (Å²) in [5, 5.41) is 4.63. The molecule has 0 fully saturated rings. The molecular weight excluding hydrogens is 607 g/mol. The fraction of sp³-hybridized carbons (Fsp3) is 0. The van der Waals surface area contributed by atoms with Crippen molar-refractivity contribution < 1.29 is 0 Å². The monoisotopic (exact) mass is 637 g/mol. The van der Waals surface area contributed by atoms with Crippen molar-refractivity contribution in [2.24, 2.45) is 0 Å². The molecule has 0 radical (unpaired) electrons. The normalized spacial score (nSPS) is 11.2. The number of benzene rings is 8. The second-order valence-electron chi connectivity index (χ2n) is 12.5. The topological polar surface area (TPSA) is 38.7 Å². The van der Waals surface area contributed by atoms with Crippen LogP contribution in [0.3, 0.4) is 0 Å². The minimum absolute atomic E-state index is 0.642. The minimum Gasteiger partial charge on any atom is -0.208 e. The van der Waals surface area contributed by atoms with E-state index in [2.05, 4.69) is 152 Å². The summed E-state index contributed by atoms with van der Waals surface area (Å²) in [5.41, 5.74) is 9.98. The molecule has 0 saturated heterocycles. The molecule has 0 saturated carbocycles. The summed E-state index contributed by atoms with van der Waals surface area (Å²) in [6, 6.07) is 65.9. The third-order valence-corrected chi connectivity index (χ3v) is 9.29. The highest BCUT2D eigenvalue weighted by Gasteiger charge is 2.16. The van der Waals surface area contributed by atoms with Gasteiger partial charge in [0.15, 0.2) is 17.5 Å². The average Bonchev–Trinajstić information content (AvgIpc) is 3.21. The minimum atomic E-state index is 0.642. The van der Waals surface area contributed by atoms with Gasteiger partial charge in [-0.25, -0.2) is 15.0 Å². The molecule has 50 heavy (non-hydrogen) atoms. The van der Waals surface area contributed by atoms with E-state index in [1.54, 1.807) is 0 Å². The van der Waals surface area contributed by atoms with Crippen LogP contribution in [-0.2, 0) is 0 Å². The number of aromatic nitrogens is 3. The Kier molecular flexibility index (Phi) is 7.49. The van der Waals surface area contributed by atoms with E-state index in [4.69, 9.17) is 15.0 Å². The lowest BCUT2D eigenvalue weighted by atomic mass is 9.93. The molecule has 0 amide bonds. The number of fused-ring (bicyclic) bond motifs is 2. The van der Waals surface area contributed by atoms with Crippen LogP contribution in [0.1, 0.15) is 0 Å². The first-order chi connectivity index (χ1) is 24.8. The van der Waals surface area contributed by atoms with Gasteiger partial charge in [-0.2, -0.15) is 0 Å². The number of rotatable bonds is 6.